The van der Waals surface area contributed by atoms with Crippen LogP contribution in [-0.2, 0) is 27.1 Å². The maximum Gasteiger partial charge on any atom is 0.0468 e. The van der Waals surface area contributed by atoms with E-state index in [2.05, 4.69) is 261 Å². The van der Waals surface area contributed by atoms with Gasteiger partial charge >= 0.3 is 0 Å². The molecule has 0 N–H and O–H groups in total. The van der Waals surface area contributed by atoms with Crippen molar-refractivity contribution in [2.24, 2.45) is 23.7 Å². The predicted octanol–water partition coefficient (Wildman–Crippen LogP) is 20.7. The summed E-state index contributed by atoms with van der Waals surface area (Å²) in [4.78, 5) is 5.11. The average molecular weight is 1020 g/mol. The predicted molar refractivity (Wildman–Crippen MR) is 329 cm³/mol. The second-order valence-corrected chi connectivity index (χ2v) is 27.9. The summed E-state index contributed by atoms with van der Waals surface area (Å²) in [6.07, 6.45) is 6.78. The van der Waals surface area contributed by atoms with Gasteiger partial charge in [0.2, 0.25) is 0 Å². The molecule has 0 saturated heterocycles. The zero-order valence-electron chi connectivity index (χ0n) is 47.6. The minimum atomic E-state index is -0.103. The fourth-order valence-corrected chi connectivity index (χ4v) is 17.0. The Morgan fingerprint density at radius 3 is 1.15 bits per heavy atom. The van der Waals surface area contributed by atoms with E-state index in [0.717, 1.165) is 11.8 Å². The van der Waals surface area contributed by atoms with Crippen LogP contribution in [0.3, 0.4) is 0 Å². The SMILES string of the molecule is CC(C)(C)c1ccc(N(c2ccc3c(c2)C(C)(C)c2ccccc2-3)c2ccc3c(c2)C2(c4cc5cc(N(c6ccc(C(C)(C)C)cc6)c6ccc7c(c6)C(C)(C)c6ccccc6-7)ccc5cc4-3)C3CC4CC(C3)CC2C4)cc1. The summed E-state index contributed by atoms with van der Waals surface area (Å²) in [6.45, 7) is 23.5. The lowest BCUT2D eigenvalue weighted by Crippen LogP contribution is -2.55. The Hall–Kier alpha value is -7.16. The van der Waals surface area contributed by atoms with Gasteiger partial charge in [0.1, 0.15) is 0 Å². The van der Waals surface area contributed by atoms with E-state index in [1.807, 2.05) is 0 Å². The lowest BCUT2D eigenvalue weighted by molar-refractivity contribution is -0.0398. The molecular formula is C76H74N2. The first kappa shape index (κ1) is 48.0. The lowest BCUT2D eigenvalue weighted by Gasteiger charge is -2.61. The van der Waals surface area contributed by atoms with Gasteiger partial charge in [-0.05, 0) is 240 Å². The van der Waals surface area contributed by atoms with Crippen molar-refractivity contribution in [1.82, 2.24) is 0 Å². The molecular weight excluding hydrogens is 941 g/mol. The van der Waals surface area contributed by atoms with Crippen LogP contribution in [0, 0.1) is 23.7 Å². The minimum absolute atomic E-state index is 0.0370. The van der Waals surface area contributed by atoms with Gasteiger partial charge in [-0.2, -0.15) is 0 Å². The molecule has 0 aromatic heterocycles. The van der Waals surface area contributed by atoms with E-state index in [4.69, 9.17) is 0 Å². The molecule has 4 fully saturated rings. The van der Waals surface area contributed by atoms with Crippen molar-refractivity contribution in [1.29, 1.82) is 0 Å². The zero-order chi connectivity index (χ0) is 53.4. The van der Waals surface area contributed by atoms with Crippen molar-refractivity contribution in [2.45, 2.75) is 128 Å². The van der Waals surface area contributed by atoms with Gasteiger partial charge in [0.15, 0.2) is 0 Å². The Kier molecular flexibility index (Phi) is 10.1. The first-order valence-electron chi connectivity index (χ1n) is 29.4. The Labute approximate surface area is 464 Å². The van der Waals surface area contributed by atoms with E-state index in [-0.39, 0.29) is 27.1 Å². The molecule has 2 heteroatoms. The van der Waals surface area contributed by atoms with Crippen molar-refractivity contribution in [3.05, 3.63) is 226 Å². The zero-order valence-corrected chi connectivity index (χ0v) is 47.6. The van der Waals surface area contributed by atoms with E-state index in [1.165, 1.54) is 144 Å². The van der Waals surface area contributed by atoms with Crippen LogP contribution >= 0.6 is 0 Å². The minimum Gasteiger partial charge on any atom is -0.310 e. The first-order chi connectivity index (χ1) is 37.4. The molecule has 4 saturated carbocycles. The summed E-state index contributed by atoms with van der Waals surface area (Å²) in [5.74, 6) is 2.95. The number of hydrogen-bond acceptors (Lipinski definition) is 2. The number of fused-ring (bicyclic) bond motifs is 10. The van der Waals surface area contributed by atoms with Crippen LogP contribution in [0.1, 0.15) is 146 Å². The largest absolute Gasteiger partial charge is 0.310 e. The third-order valence-corrected chi connectivity index (χ3v) is 20.7. The highest BCUT2D eigenvalue weighted by atomic mass is 15.1. The van der Waals surface area contributed by atoms with Gasteiger partial charge in [-0.3, -0.25) is 0 Å². The van der Waals surface area contributed by atoms with Gasteiger partial charge in [0.25, 0.3) is 0 Å². The van der Waals surface area contributed by atoms with E-state index in [1.54, 1.807) is 11.1 Å². The number of anilines is 6. The van der Waals surface area contributed by atoms with Crippen molar-refractivity contribution < 1.29 is 0 Å². The highest BCUT2D eigenvalue weighted by Crippen LogP contribution is 2.70. The maximum absolute atomic E-state index is 2.70. The topological polar surface area (TPSA) is 6.48 Å². The molecule has 1 spiro atoms. The number of benzene rings is 9. The normalized spacial score (nSPS) is 22.2. The van der Waals surface area contributed by atoms with Crippen molar-refractivity contribution in [3.63, 3.8) is 0 Å². The van der Waals surface area contributed by atoms with Gasteiger partial charge in [-0.15, -0.1) is 0 Å². The molecule has 7 aliphatic rings. The van der Waals surface area contributed by atoms with Crippen molar-refractivity contribution >= 4 is 44.9 Å². The molecule has 0 atom stereocenters. The molecule has 16 rings (SSSR count). The summed E-state index contributed by atoms with van der Waals surface area (Å²) in [5, 5.41) is 2.64. The fourth-order valence-electron chi connectivity index (χ4n) is 17.0. The highest BCUT2D eigenvalue weighted by Gasteiger charge is 2.62. The van der Waals surface area contributed by atoms with Gasteiger partial charge in [0, 0.05) is 50.4 Å². The molecule has 9 aromatic carbocycles. The van der Waals surface area contributed by atoms with Crippen molar-refractivity contribution in [2.75, 3.05) is 9.80 Å². The molecule has 78 heavy (non-hydrogen) atoms. The fraction of sp³-hybridized carbons (Fsp3) is 0.316. The molecule has 9 aromatic rings. The van der Waals surface area contributed by atoms with Crippen LogP contribution in [-0.4, -0.2) is 0 Å². The second kappa shape index (κ2) is 16.5. The summed E-state index contributed by atoms with van der Waals surface area (Å²) in [6, 6.07) is 71.8. The molecule has 2 nitrogen and oxygen atoms in total. The van der Waals surface area contributed by atoms with Gasteiger partial charge in [-0.1, -0.05) is 166 Å². The molecule has 0 heterocycles. The van der Waals surface area contributed by atoms with Crippen molar-refractivity contribution in [3.8, 4) is 33.4 Å². The summed E-state index contributed by atoms with van der Waals surface area (Å²) in [5.41, 5.74) is 27.0. The van der Waals surface area contributed by atoms with E-state index >= 15 is 0 Å². The van der Waals surface area contributed by atoms with Crippen LogP contribution in [0.15, 0.2) is 182 Å². The van der Waals surface area contributed by atoms with Crippen LogP contribution in [0.4, 0.5) is 34.1 Å². The molecule has 0 unspecified atom stereocenters. The molecule has 4 bridgehead atoms. The third kappa shape index (κ3) is 6.86. The molecule has 0 amide bonds. The standard InChI is InChI=1S/C76H74N2/c1-72(2,3)50-20-25-54(26-21-50)77(57-29-32-62-60-15-11-13-17-66(60)74(7,8)68(62)43-57)56-24-19-48-41-65-64-34-31-59(45-71(64)76(70(65)42-49(48)40-56)52-36-46-35-47(38-52)39-53(76)37-46)78(55-27-22-51(23-28-55)73(4,5)6)58-30-33-63-61-16-12-14-18-67(61)75(9,10)69(63)44-58/h11-34,40-47,52-53H,35-39H2,1-10H3. The summed E-state index contributed by atoms with van der Waals surface area (Å²) in [7, 11) is 0. The molecule has 0 radical (unpaired) electrons. The quantitative estimate of drug-likeness (QED) is 0.164. The van der Waals surface area contributed by atoms with Gasteiger partial charge in [0.05, 0.1) is 0 Å². The number of hydrogen-bond donors (Lipinski definition) is 0. The van der Waals surface area contributed by atoms with E-state index < -0.39 is 0 Å². The van der Waals surface area contributed by atoms with Crippen LogP contribution in [0.5, 0.6) is 0 Å². The van der Waals surface area contributed by atoms with E-state index in [9.17, 15) is 0 Å². The van der Waals surface area contributed by atoms with Gasteiger partial charge < -0.3 is 9.80 Å². The first-order valence-corrected chi connectivity index (χ1v) is 29.4. The Bertz CT molecular complexity index is 3920. The molecule has 7 aliphatic carbocycles. The van der Waals surface area contributed by atoms with E-state index in [0.29, 0.717) is 11.8 Å². The Morgan fingerprint density at radius 1 is 0.321 bits per heavy atom. The monoisotopic (exact) mass is 1010 g/mol. The van der Waals surface area contributed by atoms with Crippen LogP contribution in [0.2, 0.25) is 0 Å². The second-order valence-electron chi connectivity index (χ2n) is 27.9. The third-order valence-electron chi connectivity index (χ3n) is 20.7. The number of nitrogens with zero attached hydrogens (tertiary/aromatic N) is 2. The Morgan fingerprint density at radius 2 is 0.692 bits per heavy atom. The average Bonchev–Trinajstić information content (AvgIpc) is 4.14. The smallest absolute Gasteiger partial charge is 0.0468 e. The lowest BCUT2D eigenvalue weighted by atomic mass is 9.43. The molecule has 388 valence electrons. The molecule has 0 aliphatic heterocycles. The Balaban J connectivity index is 0.896. The number of rotatable bonds is 6. The summed E-state index contributed by atoms with van der Waals surface area (Å²) < 4.78 is 0. The van der Waals surface area contributed by atoms with Crippen LogP contribution in [0.25, 0.3) is 44.2 Å². The summed E-state index contributed by atoms with van der Waals surface area (Å²) >= 11 is 0. The highest BCUT2D eigenvalue weighted by molar-refractivity contribution is 5.98. The van der Waals surface area contributed by atoms with Gasteiger partial charge in [-0.25, -0.2) is 0 Å². The van der Waals surface area contributed by atoms with Crippen LogP contribution < -0.4 is 9.80 Å². The maximum atomic E-state index is 2.70.